The van der Waals surface area contributed by atoms with E-state index in [-0.39, 0.29) is 11.8 Å². The summed E-state index contributed by atoms with van der Waals surface area (Å²) in [6.45, 7) is 0. The van der Waals surface area contributed by atoms with Crippen molar-refractivity contribution in [1.82, 2.24) is 10.2 Å². The molecule has 3 heterocycles. The van der Waals surface area contributed by atoms with E-state index in [1.54, 1.807) is 11.3 Å². The smallest absolute Gasteiger partial charge is 0.244 e. The minimum atomic E-state index is -0.0140. The Bertz CT molecular complexity index is 778. The Morgan fingerprint density at radius 2 is 2.17 bits per heavy atom. The Morgan fingerprint density at radius 1 is 1.35 bits per heavy atom. The molecule has 0 unspecified atom stereocenters. The fourth-order valence-electron chi connectivity index (χ4n) is 3.83. The Labute approximate surface area is 138 Å². The maximum absolute atomic E-state index is 9.65. The van der Waals surface area contributed by atoms with Gasteiger partial charge in [0.05, 0.1) is 21.7 Å². The number of rotatable bonds is 2. The summed E-state index contributed by atoms with van der Waals surface area (Å²) in [5.41, 5.74) is 8.54. The largest absolute Gasteiger partial charge is 0.420 e. The number of aromatic nitrogens is 2. The number of hydrogen-bond acceptors (Lipinski definition) is 5. The van der Waals surface area contributed by atoms with E-state index in [4.69, 9.17) is 10.5 Å². The van der Waals surface area contributed by atoms with Gasteiger partial charge in [-0.1, -0.05) is 25.3 Å². The van der Waals surface area contributed by atoms with E-state index in [9.17, 15) is 5.26 Å². The van der Waals surface area contributed by atoms with E-state index in [1.807, 2.05) is 11.4 Å². The van der Waals surface area contributed by atoms with E-state index < -0.39 is 0 Å². The number of aromatic amines is 1. The molecule has 1 aliphatic carbocycles. The lowest BCUT2D eigenvalue weighted by Gasteiger charge is -2.32. The normalized spacial score (nSPS) is 21.6. The molecule has 0 bridgehead atoms. The van der Waals surface area contributed by atoms with Crippen LogP contribution in [0, 0.1) is 17.2 Å². The molecule has 1 saturated carbocycles. The summed E-state index contributed by atoms with van der Waals surface area (Å²) < 4.78 is 5.63. The first-order chi connectivity index (χ1) is 11.3. The molecule has 0 spiro atoms. The number of nitrogens with zero attached hydrogens (tertiary/aromatic N) is 2. The predicted octanol–water partition coefficient (Wildman–Crippen LogP) is 3.89. The van der Waals surface area contributed by atoms with Gasteiger partial charge in [-0.05, 0) is 30.2 Å². The van der Waals surface area contributed by atoms with Crippen LogP contribution in [0.15, 0.2) is 29.0 Å². The molecule has 2 aromatic heterocycles. The highest BCUT2D eigenvalue weighted by Gasteiger charge is 2.39. The number of nitrogens with two attached hydrogens (primary N) is 1. The van der Waals surface area contributed by atoms with Crippen LogP contribution in [0.5, 0.6) is 5.88 Å². The van der Waals surface area contributed by atoms with Crippen LogP contribution in [-0.2, 0) is 0 Å². The average Bonchev–Trinajstić information content (AvgIpc) is 3.23. The van der Waals surface area contributed by atoms with Crippen LogP contribution in [0.2, 0.25) is 0 Å². The highest BCUT2D eigenvalue weighted by molar-refractivity contribution is 7.13. The molecule has 3 N–H and O–H groups in total. The van der Waals surface area contributed by atoms with Gasteiger partial charge in [0, 0.05) is 5.92 Å². The standard InChI is InChI=1S/C17H18N4OS/c18-9-11-13(10-5-2-1-3-6-10)14-15(12-7-4-8-23-12)20-21-17(14)22-16(11)19/h4,7-8,10,13H,1-3,5-6,19H2,(H,20,21)/t13-/m0/s1. The lowest BCUT2D eigenvalue weighted by Crippen LogP contribution is -2.26. The predicted molar refractivity (Wildman–Crippen MR) is 88.7 cm³/mol. The van der Waals surface area contributed by atoms with E-state index in [1.165, 1.54) is 19.3 Å². The van der Waals surface area contributed by atoms with Gasteiger partial charge in [0.25, 0.3) is 0 Å². The minimum Gasteiger partial charge on any atom is -0.420 e. The highest BCUT2D eigenvalue weighted by atomic mass is 32.1. The summed E-state index contributed by atoms with van der Waals surface area (Å²) in [5, 5.41) is 19.1. The molecule has 1 atom stereocenters. The van der Waals surface area contributed by atoms with Crippen LogP contribution in [0.3, 0.4) is 0 Å². The molecule has 118 valence electrons. The second-order valence-electron chi connectivity index (χ2n) is 6.16. The molecule has 1 aliphatic heterocycles. The zero-order chi connectivity index (χ0) is 15.8. The van der Waals surface area contributed by atoms with Crippen molar-refractivity contribution in [2.24, 2.45) is 11.7 Å². The highest BCUT2D eigenvalue weighted by Crippen LogP contribution is 2.49. The van der Waals surface area contributed by atoms with Crippen LogP contribution in [0.25, 0.3) is 10.6 Å². The van der Waals surface area contributed by atoms with Crippen molar-refractivity contribution in [3.05, 3.63) is 34.5 Å². The zero-order valence-electron chi connectivity index (χ0n) is 12.7. The van der Waals surface area contributed by atoms with E-state index in [0.717, 1.165) is 29.0 Å². The number of ether oxygens (including phenoxy) is 1. The van der Waals surface area contributed by atoms with Crippen molar-refractivity contribution in [2.75, 3.05) is 0 Å². The van der Waals surface area contributed by atoms with Gasteiger partial charge in [-0.3, -0.25) is 5.10 Å². The Kier molecular flexibility index (Phi) is 3.58. The quantitative estimate of drug-likeness (QED) is 0.876. The molecule has 2 aliphatic rings. The monoisotopic (exact) mass is 326 g/mol. The first-order valence-corrected chi connectivity index (χ1v) is 8.87. The average molecular weight is 326 g/mol. The van der Waals surface area contributed by atoms with Crippen LogP contribution in [0.4, 0.5) is 0 Å². The van der Waals surface area contributed by atoms with Gasteiger partial charge in [-0.15, -0.1) is 16.4 Å². The van der Waals surface area contributed by atoms with Gasteiger partial charge >= 0.3 is 0 Å². The van der Waals surface area contributed by atoms with Gasteiger partial charge in [-0.25, -0.2) is 0 Å². The first-order valence-electron chi connectivity index (χ1n) is 7.99. The van der Waals surface area contributed by atoms with Crippen molar-refractivity contribution in [3.8, 4) is 22.5 Å². The van der Waals surface area contributed by atoms with Gasteiger partial charge in [0.2, 0.25) is 11.8 Å². The summed E-state index contributed by atoms with van der Waals surface area (Å²) in [7, 11) is 0. The van der Waals surface area contributed by atoms with E-state index >= 15 is 0 Å². The lowest BCUT2D eigenvalue weighted by atomic mass is 9.73. The third-order valence-electron chi connectivity index (χ3n) is 4.87. The fraction of sp³-hybridized carbons (Fsp3) is 0.412. The summed E-state index contributed by atoms with van der Waals surface area (Å²) in [5.74, 6) is 1.15. The van der Waals surface area contributed by atoms with Crippen LogP contribution in [-0.4, -0.2) is 10.2 Å². The lowest BCUT2D eigenvalue weighted by molar-refractivity contribution is 0.297. The van der Waals surface area contributed by atoms with E-state index in [0.29, 0.717) is 17.4 Å². The third-order valence-corrected chi connectivity index (χ3v) is 5.76. The van der Waals surface area contributed by atoms with Gasteiger partial charge in [0.1, 0.15) is 6.07 Å². The molecular weight excluding hydrogens is 308 g/mol. The molecule has 2 aromatic rings. The molecule has 23 heavy (non-hydrogen) atoms. The molecule has 0 aromatic carbocycles. The molecule has 0 saturated heterocycles. The van der Waals surface area contributed by atoms with Crippen molar-refractivity contribution < 1.29 is 4.74 Å². The number of nitriles is 1. The fourth-order valence-corrected chi connectivity index (χ4v) is 4.56. The van der Waals surface area contributed by atoms with Crippen LogP contribution >= 0.6 is 11.3 Å². The number of allylic oxidation sites excluding steroid dienone is 1. The molecular formula is C17H18N4OS. The Balaban J connectivity index is 1.85. The van der Waals surface area contributed by atoms with E-state index in [2.05, 4.69) is 22.3 Å². The number of hydrogen-bond donors (Lipinski definition) is 2. The number of nitrogens with one attached hydrogen (secondary N) is 1. The number of thiophene rings is 1. The molecule has 4 rings (SSSR count). The van der Waals surface area contributed by atoms with Gasteiger partial charge < -0.3 is 10.5 Å². The molecule has 1 fully saturated rings. The molecule has 5 nitrogen and oxygen atoms in total. The van der Waals surface area contributed by atoms with Crippen molar-refractivity contribution >= 4 is 11.3 Å². The van der Waals surface area contributed by atoms with Crippen LogP contribution < -0.4 is 10.5 Å². The summed E-state index contributed by atoms with van der Waals surface area (Å²) >= 11 is 1.65. The molecule has 6 heteroatoms. The van der Waals surface area contributed by atoms with Crippen molar-refractivity contribution in [3.63, 3.8) is 0 Å². The number of H-pyrrole nitrogens is 1. The van der Waals surface area contributed by atoms with Crippen LogP contribution in [0.1, 0.15) is 43.6 Å². The van der Waals surface area contributed by atoms with Crippen molar-refractivity contribution in [1.29, 1.82) is 5.26 Å². The summed E-state index contributed by atoms with van der Waals surface area (Å²) in [4.78, 5) is 1.11. The second kappa shape index (κ2) is 5.74. The topological polar surface area (TPSA) is 87.7 Å². The second-order valence-corrected chi connectivity index (χ2v) is 7.11. The molecule has 0 amide bonds. The van der Waals surface area contributed by atoms with Gasteiger partial charge in [0.15, 0.2) is 0 Å². The first kappa shape index (κ1) is 14.3. The summed E-state index contributed by atoms with van der Waals surface area (Å²) in [6, 6.07) is 6.37. The summed E-state index contributed by atoms with van der Waals surface area (Å²) in [6.07, 6.45) is 5.94. The minimum absolute atomic E-state index is 0.0140. The maximum atomic E-state index is 9.65. The Hall–Kier alpha value is -2.26. The van der Waals surface area contributed by atoms with Gasteiger partial charge in [-0.2, -0.15) is 5.26 Å². The zero-order valence-corrected chi connectivity index (χ0v) is 13.5. The number of fused-ring (bicyclic) bond motifs is 1. The SMILES string of the molecule is N#CC1=C(N)Oc2n[nH]c(-c3cccs3)c2[C@H]1C1CCCCC1. The Morgan fingerprint density at radius 3 is 2.87 bits per heavy atom. The third kappa shape index (κ3) is 2.32. The van der Waals surface area contributed by atoms with Crippen molar-refractivity contribution in [2.45, 2.75) is 38.0 Å². The molecule has 0 radical (unpaired) electrons. The maximum Gasteiger partial charge on any atom is 0.244 e.